The van der Waals surface area contributed by atoms with Crippen molar-refractivity contribution in [3.63, 3.8) is 0 Å². The summed E-state index contributed by atoms with van der Waals surface area (Å²) in [6.45, 7) is 4.02. The van der Waals surface area contributed by atoms with Crippen LogP contribution in [0.15, 0.2) is 0 Å². The fourth-order valence-corrected chi connectivity index (χ4v) is 1.43. The second-order valence-electron chi connectivity index (χ2n) is 3.65. The van der Waals surface area contributed by atoms with Gasteiger partial charge in [0.15, 0.2) is 5.82 Å². The summed E-state index contributed by atoms with van der Waals surface area (Å²) in [7, 11) is 4.13. The predicted molar refractivity (Wildman–Crippen MR) is 57.0 cm³/mol. The third-order valence-electron chi connectivity index (χ3n) is 2.18. The Labute approximate surface area is 84.9 Å². The maximum atomic E-state index is 5.68. The molecule has 1 rings (SSSR count). The van der Waals surface area contributed by atoms with Gasteiger partial charge in [0, 0.05) is 6.54 Å². The van der Waals surface area contributed by atoms with Crippen LogP contribution in [0, 0.1) is 0 Å². The van der Waals surface area contributed by atoms with Crippen LogP contribution in [0.5, 0.6) is 0 Å². The lowest BCUT2D eigenvalue weighted by Gasteiger charge is -2.09. The average molecular weight is 197 g/mol. The van der Waals surface area contributed by atoms with Gasteiger partial charge in [-0.25, -0.2) is 4.68 Å². The Kier molecular flexibility index (Phi) is 3.88. The van der Waals surface area contributed by atoms with Gasteiger partial charge in [-0.05, 0) is 33.5 Å². The Morgan fingerprint density at radius 1 is 1.43 bits per heavy atom. The molecule has 14 heavy (non-hydrogen) atoms. The van der Waals surface area contributed by atoms with Gasteiger partial charge in [0.2, 0.25) is 0 Å². The van der Waals surface area contributed by atoms with Crippen molar-refractivity contribution in [2.24, 2.45) is 0 Å². The highest BCUT2D eigenvalue weighted by molar-refractivity contribution is 5.32. The van der Waals surface area contributed by atoms with Gasteiger partial charge in [-0.1, -0.05) is 12.1 Å². The first kappa shape index (κ1) is 11.0. The summed E-state index contributed by atoms with van der Waals surface area (Å²) in [6.07, 6.45) is 1.96. The van der Waals surface area contributed by atoms with Crippen LogP contribution in [-0.4, -0.2) is 40.5 Å². The standard InChI is InChI=1S/C9H19N5/c1-4-8-9(10)11-12-14(8)7-5-6-13(2)3/h4-7,10H2,1-3H3. The number of hydrogen-bond acceptors (Lipinski definition) is 4. The summed E-state index contributed by atoms with van der Waals surface area (Å²) >= 11 is 0. The van der Waals surface area contributed by atoms with Crippen molar-refractivity contribution in [3.8, 4) is 0 Å². The lowest BCUT2D eigenvalue weighted by Crippen LogP contribution is -2.16. The van der Waals surface area contributed by atoms with E-state index in [1.54, 1.807) is 0 Å². The number of anilines is 1. The van der Waals surface area contributed by atoms with E-state index in [-0.39, 0.29) is 0 Å². The van der Waals surface area contributed by atoms with Crippen molar-refractivity contribution in [2.45, 2.75) is 26.3 Å². The van der Waals surface area contributed by atoms with Crippen LogP contribution in [0.2, 0.25) is 0 Å². The summed E-state index contributed by atoms with van der Waals surface area (Å²) in [4.78, 5) is 2.16. The molecule has 1 aromatic heterocycles. The fourth-order valence-electron chi connectivity index (χ4n) is 1.43. The largest absolute Gasteiger partial charge is 0.381 e. The molecule has 0 bridgehead atoms. The smallest absolute Gasteiger partial charge is 0.169 e. The van der Waals surface area contributed by atoms with Crippen molar-refractivity contribution in [1.82, 2.24) is 19.9 Å². The summed E-state index contributed by atoms with van der Waals surface area (Å²) in [5.74, 6) is 0.567. The van der Waals surface area contributed by atoms with E-state index in [0.717, 1.165) is 31.6 Å². The molecule has 0 saturated heterocycles. The van der Waals surface area contributed by atoms with Gasteiger partial charge >= 0.3 is 0 Å². The van der Waals surface area contributed by atoms with E-state index >= 15 is 0 Å². The van der Waals surface area contributed by atoms with Crippen molar-refractivity contribution >= 4 is 5.82 Å². The first-order chi connectivity index (χ1) is 6.65. The Bertz CT molecular complexity index is 279. The molecule has 1 heterocycles. The van der Waals surface area contributed by atoms with Crippen LogP contribution in [-0.2, 0) is 13.0 Å². The van der Waals surface area contributed by atoms with E-state index in [2.05, 4.69) is 36.2 Å². The normalized spacial score (nSPS) is 11.1. The van der Waals surface area contributed by atoms with Gasteiger partial charge in [-0.3, -0.25) is 0 Å². The third-order valence-corrected chi connectivity index (χ3v) is 2.18. The van der Waals surface area contributed by atoms with E-state index in [9.17, 15) is 0 Å². The molecule has 0 saturated carbocycles. The number of nitrogens with zero attached hydrogens (tertiary/aromatic N) is 4. The molecular weight excluding hydrogens is 178 g/mol. The van der Waals surface area contributed by atoms with E-state index in [4.69, 9.17) is 5.73 Å². The van der Waals surface area contributed by atoms with Crippen molar-refractivity contribution < 1.29 is 0 Å². The fraction of sp³-hybridized carbons (Fsp3) is 0.778. The zero-order chi connectivity index (χ0) is 10.6. The Morgan fingerprint density at radius 3 is 2.71 bits per heavy atom. The minimum Gasteiger partial charge on any atom is -0.381 e. The molecule has 0 fully saturated rings. The summed E-state index contributed by atoms with van der Waals surface area (Å²) in [5, 5.41) is 7.87. The highest BCUT2D eigenvalue weighted by atomic mass is 15.4. The molecule has 0 amide bonds. The van der Waals surface area contributed by atoms with Crippen LogP contribution < -0.4 is 5.73 Å². The van der Waals surface area contributed by atoms with E-state index in [0.29, 0.717) is 5.82 Å². The minimum atomic E-state index is 0.567. The maximum absolute atomic E-state index is 5.68. The van der Waals surface area contributed by atoms with Crippen molar-refractivity contribution in [3.05, 3.63) is 5.69 Å². The van der Waals surface area contributed by atoms with Crippen molar-refractivity contribution in [2.75, 3.05) is 26.4 Å². The topological polar surface area (TPSA) is 60.0 Å². The van der Waals surface area contributed by atoms with E-state index < -0.39 is 0 Å². The number of nitrogens with two attached hydrogens (primary N) is 1. The molecule has 0 unspecified atom stereocenters. The Hall–Kier alpha value is -1.10. The second-order valence-corrected chi connectivity index (χ2v) is 3.65. The number of rotatable bonds is 5. The Balaban J connectivity index is 2.50. The molecule has 1 aromatic rings. The van der Waals surface area contributed by atoms with Crippen LogP contribution in [0.25, 0.3) is 0 Å². The van der Waals surface area contributed by atoms with Gasteiger partial charge in [0.25, 0.3) is 0 Å². The van der Waals surface area contributed by atoms with E-state index in [1.165, 1.54) is 0 Å². The molecular formula is C9H19N5. The first-order valence-electron chi connectivity index (χ1n) is 4.97. The van der Waals surface area contributed by atoms with Gasteiger partial charge in [-0.2, -0.15) is 0 Å². The molecule has 0 atom stereocenters. The minimum absolute atomic E-state index is 0.567. The zero-order valence-electron chi connectivity index (χ0n) is 9.19. The molecule has 0 radical (unpaired) electrons. The Morgan fingerprint density at radius 2 is 2.14 bits per heavy atom. The molecule has 5 heteroatoms. The summed E-state index contributed by atoms with van der Waals surface area (Å²) < 4.78 is 1.90. The van der Waals surface area contributed by atoms with Crippen LogP contribution >= 0.6 is 0 Å². The third kappa shape index (κ3) is 2.70. The van der Waals surface area contributed by atoms with Gasteiger partial charge in [-0.15, -0.1) is 5.10 Å². The zero-order valence-corrected chi connectivity index (χ0v) is 9.19. The average Bonchev–Trinajstić information content (AvgIpc) is 2.46. The SMILES string of the molecule is CCc1c(N)nnn1CCCN(C)C. The maximum Gasteiger partial charge on any atom is 0.169 e. The molecule has 5 nitrogen and oxygen atoms in total. The highest BCUT2D eigenvalue weighted by Crippen LogP contribution is 2.08. The van der Waals surface area contributed by atoms with E-state index in [1.807, 2.05) is 4.68 Å². The molecule has 2 N–H and O–H groups in total. The van der Waals surface area contributed by atoms with Crippen LogP contribution in [0.4, 0.5) is 5.82 Å². The van der Waals surface area contributed by atoms with Crippen LogP contribution in [0.1, 0.15) is 19.0 Å². The van der Waals surface area contributed by atoms with Crippen LogP contribution in [0.3, 0.4) is 0 Å². The van der Waals surface area contributed by atoms with Gasteiger partial charge in [0.05, 0.1) is 5.69 Å². The number of aryl methyl sites for hydroxylation is 1. The lowest BCUT2D eigenvalue weighted by molar-refractivity contribution is 0.377. The number of aromatic nitrogens is 3. The molecule has 0 aliphatic rings. The summed E-state index contributed by atoms with van der Waals surface area (Å²) in [6, 6.07) is 0. The first-order valence-corrected chi connectivity index (χ1v) is 4.97. The monoisotopic (exact) mass is 197 g/mol. The highest BCUT2D eigenvalue weighted by Gasteiger charge is 2.06. The molecule has 80 valence electrons. The molecule has 0 aliphatic heterocycles. The van der Waals surface area contributed by atoms with Crippen molar-refractivity contribution in [1.29, 1.82) is 0 Å². The number of nitrogen functional groups attached to an aromatic ring is 1. The lowest BCUT2D eigenvalue weighted by atomic mass is 10.3. The summed E-state index contributed by atoms with van der Waals surface area (Å²) in [5.41, 5.74) is 6.72. The number of hydrogen-bond donors (Lipinski definition) is 1. The molecule has 0 spiro atoms. The predicted octanol–water partition coefficient (Wildman–Crippen LogP) is 0.374. The van der Waals surface area contributed by atoms with Gasteiger partial charge < -0.3 is 10.6 Å². The second kappa shape index (κ2) is 4.95. The van der Waals surface area contributed by atoms with Gasteiger partial charge in [0.1, 0.15) is 0 Å². The molecule has 0 aromatic carbocycles. The quantitative estimate of drug-likeness (QED) is 0.741. The molecule has 0 aliphatic carbocycles.